The Kier molecular flexibility index (Phi) is 27.4. The van der Waals surface area contributed by atoms with E-state index in [1.165, 1.54) is 209 Å². The maximum Gasteiger partial charge on any atom is 0.0700 e. The maximum absolute atomic E-state index is 2.31. The van der Waals surface area contributed by atoms with Gasteiger partial charge in [-0.3, -0.25) is 0 Å². The summed E-state index contributed by atoms with van der Waals surface area (Å²) in [5.41, 5.74) is 0. The molecule has 0 unspecified atom stereocenters. The van der Waals surface area contributed by atoms with E-state index in [2.05, 4.69) is 51.2 Å². The van der Waals surface area contributed by atoms with Gasteiger partial charge in [0.15, 0.2) is 0 Å². The fraction of sp³-hybridized carbons (Fsp3) is 0.854. The molecule has 45 heavy (non-hydrogen) atoms. The van der Waals surface area contributed by atoms with E-state index in [1.54, 1.807) is 18.3 Å². The quantitative estimate of drug-likeness (QED) is 0.0662. The Morgan fingerprint density at radius 3 is 0.778 bits per heavy atom. The number of hydrogen-bond donors (Lipinski definition) is 0. The lowest BCUT2D eigenvalue weighted by Gasteiger charge is -2.07. The Morgan fingerprint density at radius 1 is 0.289 bits per heavy atom. The van der Waals surface area contributed by atoms with Gasteiger partial charge in [0, 0.05) is 9.81 Å². The van der Waals surface area contributed by atoms with Crippen LogP contribution in [0.15, 0.2) is 28.1 Å². The summed E-state index contributed by atoms with van der Waals surface area (Å²) in [5.74, 6) is 0. The lowest BCUT2D eigenvalue weighted by atomic mass is 10.0. The standard InChI is InChI=1S/C41H74S4/c1-5-7-9-11-13-15-17-19-21-23-25-27-29-31-33-35-39-38(44-41(45-39)40-42-36(3)37(4)43-40)34-32-30-28-26-24-22-20-18-16-14-12-10-8-6-2/h5-35H2,1-4H3. The molecule has 2 aliphatic heterocycles. The fourth-order valence-electron chi connectivity index (χ4n) is 6.49. The van der Waals surface area contributed by atoms with Gasteiger partial charge in [0.2, 0.25) is 0 Å². The van der Waals surface area contributed by atoms with Crippen molar-refractivity contribution in [3.8, 4) is 0 Å². The third-order valence-electron chi connectivity index (χ3n) is 9.66. The van der Waals surface area contributed by atoms with E-state index in [9.17, 15) is 0 Å². The minimum absolute atomic E-state index is 1.32. The first-order valence-corrected chi connectivity index (χ1v) is 23.3. The van der Waals surface area contributed by atoms with Crippen molar-refractivity contribution in [1.29, 1.82) is 0 Å². The third kappa shape index (κ3) is 21.3. The van der Waals surface area contributed by atoms with Crippen LogP contribution >= 0.6 is 47.0 Å². The normalized spacial score (nSPS) is 15.5. The van der Waals surface area contributed by atoms with Crippen LogP contribution in [0.4, 0.5) is 0 Å². The van der Waals surface area contributed by atoms with Crippen LogP contribution < -0.4 is 0 Å². The molecule has 0 aliphatic carbocycles. The Labute approximate surface area is 300 Å². The van der Waals surface area contributed by atoms with Gasteiger partial charge in [-0.15, -0.1) is 0 Å². The fourth-order valence-corrected chi connectivity index (χ4v) is 12.2. The highest BCUT2D eigenvalue weighted by Crippen LogP contribution is 2.61. The molecule has 0 saturated heterocycles. The van der Waals surface area contributed by atoms with E-state index in [-0.39, 0.29) is 0 Å². The summed E-state index contributed by atoms with van der Waals surface area (Å²) in [5, 5.41) is 0. The summed E-state index contributed by atoms with van der Waals surface area (Å²) in [6.07, 6.45) is 44.6. The Bertz CT molecular complexity index is 807. The average Bonchev–Trinajstić information content (AvgIpc) is 3.60. The molecule has 262 valence electrons. The second-order valence-corrected chi connectivity index (χ2v) is 19.2. The molecule has 0 spiro atoms. The second kappa shape index (κ2) is 29.5. The molecule has 0 radical (unpaired) electrons. The summed E-state index contributed by atoms with van der Waals surface area (Å²) in [6.45, 7) is 9.22. The van der Waals surface area contributed by atoms with Gasteiger partial charge in [0.25, 0.3) is 0 Å². The predicted molar refractivity (Wildman–Crippen MR) is 217 cm³/mol. The van der Waals surface area contributed by atoms with Gasteiger partial charge < -0.3 is 0 Å². The lowest BCUT2D eigenvalue weighted by molar-refractivity contribution is 0.532. The van der Waals surface area contributed by atoms with Gasteiger partial charge in [-0.25, -0.2) is 0 Å². The second-order valence-electron chi connectivity index (χ2n) is 14.0. The van der Waals surface area contributed by atoms with Crippen LogP contribution in [0.5, 0.6) is 0 Å². The van der Waals surface area contributed by atoms with Crippen LogP contribution in [0, 0.1) is 0 Å². The molecule has 2 heterocycles. The van der Waals surface area contributed by atoms with Crippen molar-refractivity contribution in [1.82, 2.24) is 0 Å². The third-order valence-corrected chi connectivity index (χ3v) is 15.6. The molecule has 4 heteroatoms. The Hall–Kier alpha value is 0.620. The zero-order valence-electron chi connectivity index (χ0n) is 30.6. The van der Waals surface area contributed by atoms with E-state index in [4.69, 9.17) is 0 Å². The number of allylic oxidation sites excluding steroid dienone is 4. The van der Waals surface area contributed by atoms with E-state index in [0.29, 0.717) is 0 Å². The van der Waals surface area contributed by atoms with E-state index in [1.807, 2.05) is 23.5 Å². The van der Waals surface area contributed by atoms with Crippen molar-refractivity contribution in [3.63, 3.8) is 0 Å². The number of thioether (sulfide) groups is 4. The van der Waals surface area contributed by atoms with Crippen molar-refractivity contribution >= 4 is 47.0 Å². The highest BCUT2D eigenvalue weighted by molar-refractivity contribution is 8.34. The largest absolute Gasteiger partial charge is 0.0849 e. The first kappa shape index (κ1) is 41.8. The van der Waals surface area contributed by atoms with Crippen LogP contribution in [-0.2, 0) is 0 Å². The summed E-state index contributed by atoms with van der Waals surface area (Å²) < 4.78 is 3.16. The SMILES string of the molecule is CCCCCCCCCCCCCCCCCC1=C(CCCCCCCCCCCCCCCC)SC(=C2SC(C)=C(C)S2)S1. The summed E-state index contributed by atoms with van der Waals surface area (Å²) in [6, 6.07) is 0. The van der Waals surface area contributed by atoms with Gasteiger partial charge >= 0.3 is 0 Å². The van der Waals surface area contributed by atoms with Gasteiger partial charge in [-0.2, -0.15) is 0 Å². The van der Waals surface area contributed by atoms with E-state index in [0.717, 1.165) is 0 Å². The van der Waals surface area contributed by atoms with Crippen LogP contribution in [0.1, 0.15) is 227 Å². The van der Waals surface area contributed by atoms with Crippen LogP contribution in [0.2, 0.25) is 0 Å². The van der Waals surface area contributed by atoms with Gasteiger partial charge in [-0.05, 0) is 49.3 Å². The highest BCUT2D eigenvalue weighted by Gasteiger charge is 2.27. The molecular formula is C41H74S4. The molecule has 0 aromatic heterocycles. The summed E-state index contributed by atoms with van der Waals surface area (Å²) in [4.78, 5) is 6.48. The minimum Gasteiger partial charge on any atom is -0.0849 e. The lowest BCUT2D eigenvalue weighted by Crippen LogP contribution is -1.86. The minimum atomic E-state index is 1.32. The van der Waals surface area contributed by atoms with Crippen LogP contribution in [0.3, 0.4) is 0 Å². The summed E-state index contributed by atoms with van der Waals surface area (Å²) >= 11 is 8.35. The zero-order chi connectivity index (χ0) is 32.2. The molecule has 0 N–H and O–H groups in total. The first-order chi connectivity index (χ1) is 22.2. The topological polar surface area (TPSA) is 0 Å². The number of hydrogen-bond acceptors (Lipinski definition) is 4. The molecule has 0 atom stereocenters. The number of rotatable bonds is 31. The molecule has 0 fully saturated rings. The van der Waals surface area contributed by atoms with Crippen molar-refractivity contribution in [3.05, 3.63) is 28.1 Å². The molecule has 2 aliphatic rings. The maximum atomic E-state index is 2.31. The predicted octanol–water partition coefficient (Wildman–Crippen LogP) is 17.7. The summed E-state index contributed by atoms with van der Waals surface area (Å²) in [7, 11) is 0. The molecule has 0 aromatic rings. The molecule has 0 aromatic carbocycles. The van der Waals surface area contributed by atoms with E-state index >= 15 is 0 Å². The van der Waals surface area contributed by atoms with Gasteiger partial charge in [0.1, 0.15) is 0 Å². The van der Waals surface area contributed by atoms with Gasteiger partial charge in [0.05, 0.1) is 8.47 Å². The monoisotopic (exact) mass is 694 g/mol. The molecular weight excluding hydrogens is 621 g/mol. The molecule has 0 nitrogen and oxygen atoms in total. The Morgan fingerprint density at radius 2 is 0.511 bits per heavy atom. The van der Waals surface area contributed by atoms with Crippen molar-refractivity contribution < 1.29 is 0 Å². The molecule has 0 bridgehead atoms. The van der Waals surface area contributed by atoms with Crippen LogP contribution in [-0.4, -0.2) is 0 Å². The Balaban J connectivity index is 1.55. The van der Waals surface area contributed by atoms with Crippen LogP contribution in [0.25, 0.3) is 0 Å². The first-order valence-electron chi connectivity index (χ1n) is 20.0. The van der Waals surface area contributed by atoms with E-state index < -0.39 is 0 Å². The van der Waals surface area contributed by atoms with Gasteiger partial charge in [-0.1, -0.05) is 234 Å². The van der Waals surface area contributed by atoms with Crippen molar-refractivity contribution in [2.45, 2.75) is 227 Å². The smallest absolute Gasteiger partial charge is 0.0700 e. The van der Waals surface area contributed by atoms with Crippen molar-refractivity contribution in [2.24, 2.45) is 0 Å². The average molecular weight is 695 g/mol. The number of unbranched alkanes of at least 4 members (excludes halogenated alkanes) is 27. The molecule has 2 rings (SSSR count). The zero-order valence-corrected chi connectivity index (χ0v) is 33.8. The van der Waals surface area contributed by atoms with Crippen molar-refractivity contribution in [2.75, 3.05) is 0 Å². The highest BCUT2D eigenvalue weighted by atomic mass is 32.2. The molecule has 0 amide bonds. The molecule has 0 saturated carbocycles.